The lowest BCUT2D eigenvalue weighted by molar-refractivity contribution is 0.579. The second-order valence-corrected chi connectivity index (χ2v) is 11.4. The summed E-state index contributed by atoms with van der Waals surface area (Å²) in [6, 6.07) is 20.3. The van der Waals surface area contributed by atoms with Gasteiger partial charge in [0, 0.05) is 37.9 Å². The van der Waals surface area contributed by atoms with E-state index in [4.69, 9.17) is 0 Å². The average Bonchev–Trinajstić information content (AvgIpc) is 2.88. The molecule has 0 spiro atoms. The Bertz CT molecular complexity index is 1350. The van der Waals surface area contributed by atoms with Crippen LogP contribution in [0.25, 0.3) is 0 Å². The maximum atomic E-state index is 12.6. The molecule has 2 aromatic carbocycles. The third-order valence-corrected chi connectivity index (χ3v) is 8.09. The summed E-state index contributed by atoms with van der Waals surface area (Å²) >= 11 is 0. The summed E-state index contributed by atoms with van der Waals surface area (Å²) in [6.45, 7) is 0.314. The Morgan fingerprint density at radius 3 is 1.29 bits per heavy atom. The van der Waals surface area contributed by atoms with Crippen molar-refractivity contribution in [3.63, 3.8) is 0 Å². The lowest BCUT2D eigenvalue weighted by atomic mass is 10.1. The van der Waals surface area contributed by atoms with Crippen LogP contribution < -0.4 is 9.44 Å². The van der Waals surface area contributed by atoms with Gasteiger partial charge >= 0.3 is 0 Å². The van der Waals surface area contributed by atoms with Crippen LogP contribution in [-0.2, 0) is 39.6 Å². The summed E-state index contributed by atoms with van der Waals surface area (Å²) in [5.41, 5.74) is 3.35. The molecule has 0 aliphatic rings. The number of hydrogen-bond acceptors (Lipinski definition) is 6. The van der Waals surface area contributed by atoms with Gasteiger partial charge in [-0.3, -0.25) is 9.97 Å². The number of nitrogens with one attached hydrogen (secondary N) is 2. The van der Waals surface area contributed by atoms with Crippen molar-refractivity contribution in [1.29, 1.82) is 0 Å². The first-order valence-corrected chi connectivity index (χ1v) is 13.7. The quantitative estimate of drug-likeness (QED) is 0.340. The van der Waals surface area contributed by atoms with E-state index in [1.165, 1.54) is 0 Å². The van der Waals surface area contributed by atoms with E-state index in [1.807, 2.05) is 0 Å². The van der Waals surface area contributed by atoms with Crippen molar-refractivity contribution >= 4 is 20.0 Å². The molecular formula is C25H24N4O4S2. The molecule has 8 nitrogen and oxygen atoms in total. The predicted molar refractivity (Wildman–Crippen MR) is 132 cm³/mol. The van der Waals surface area contributed by atoms with Gasteiger partial charge in [-0.15, -0.1) is 0 Å². The molecule has 0 saturated heterocycles. The number of rotatable bonds is 10. The van der Waals surface area contributed by atoms with Gasteiger partial charge < -0.3 is 0 Å². The first-order chi connectivity index (χ1) is 16.8. The Morgan fingerprint density at radius 1 is 0.543 bits per heavy atom. The smallest absolute Gasteiger partial charge is 0.240 e. The third-order valence-electron chi connectivity index (χ3n) is 5.25. The summed E-state index contributed by atoms with van der Waals surface area (Å²) in [6.07, 6.45) is 7.01. The van der Waals surface area contributed by atoms with Gasteiger partial charge in [0.1, 0.15) is 0 Å². The van der Waals surface area contributed by atoms with E-state index in [2.05, 4.69) is 19.4 Å². The standard InChI is InChI=1S/C25H24N4O4S2/c30-34(31,28-18-22-3-1-13-26-16-22)24-9-5-20(6-10-24)15-21-7-11-25(12-8-21)35(32,33)29-19-23-4-2-14-27-17-23/h1-14,16-17,28-29H,15,18-19H2. The topological polar surface area (TPSA) is 118 Å². The van der Waals surface area contributed by atoms with Crippen molar-refractivity contribution in [3.05, 3.63) is 120 Å². The number of hydrogen-bond donors (Lipinski definition) is 2. The van der Waals surface area contributed by atoms with Gasteiger partial charge in [-0.1, -0.05) is 36.4 Å². The zero-order valence-electron chi connectivity index (χ0n) is 18.7. The SMILES string of the molecule is O=S(=O)(NCc1cccnc1)c1ccc(Cc2ccc(S(=O)(=O)NCc3cccnc3)cc2)cc1. The van der Waals surface area contributed by atoms with Crippen LogP contribution >= 0.6 is 0 Å². The van der Waals surface area contributed by atoms with Gasteiger partial charge in [0.25, 0.3) is 0 Å². The predicted octanol–water partition coefficient (Wildman–Crippen LogP) is 3.02. The fourth-order valence-corrected chi connectivity index (χ4v) is 5.37. The number of pyridine rings is 2. The lowest BCUT2D eigenvalue weighted by Crippen LogP contribution is -2.23. The molecule has 0 amide bonds. The molecule has 0 bridgehead atoms. The van der Waals surface area contributed by atoms with E-state index in [-0.39, 0.29) is 22.9 Å². The van der Waals surface area contributed by atoms with Crippen molar-refractivity contribution < 1.29 is 16.8 Å². The molecule has 0 atom stereocenters. The lowest BCUT2D eigenvalue weighted by Gasteiger charge is -2.09. The molecule has 4 rings (SSSR count). The number of nitrogens with zero attached hydrogens (tertiary/aromatic N) is 2. The summed E-state index contributed by atoms with van der Waals surface area (Å²) in [5.74, 6) is 0. The van der Waals surface area contributed by atoms with Crippen LogP contribution in [0.1, 0.15) is 22.3 Å². The second-order valence-electron chi connectivity index (χ2n) is 7.84. The molecule has 35 heavy (non-hydrogen) atoms. The molecule has 0 radical (unpaired) electrons. The van der Waals surface area contributed by atoms with Crippen molar-refractivity contribution in [1.82, 2.24) is 19.4 Å². The minimum absolute atomic E-state index is 0.157. The highest BCUT2D eigenvalue weighted by Crippen LogP contribution is 2.17. The molecular weight excluding hydrogens is 484 g/mol. The number of benzene rings is 2. The Hall–Kier alpha value is -3.44. The third kappa shape index (κ3) is 6.80. The van der Waals surface area contributed by atoms with E-state index in [9.17, 15) is 16.8 Å². The van der Waals surface area contributed by atoms with Crippen LogP contribution in [0.2, 0.25) is 0 Å². The molecule has 2 aromatic heterocycles. The summed E-state index contributed by atoms with van der Waals surface area (Å²) in [7, 11) is -7.30. The van der Waals surface area contributed by atoms with E-state index in [0.717, 1.165) is 22.3 Å². The fraction of sp³-hybridized carbons (Fsp3) is 0.120. The average molecular weight is 509 g/mol. The zero-order chi connectivity index (χ0) is 24.7. The van der Waals surface area contributed by atoms with Crippen LogP contribution in [0.3, 0.4) is 0 Å². The van der Waals surface area contributed by atoms with Crippen LogP contribution in [0.4, 0.5) is 0 Å². The maximum absolute atomic E-state index is 12.6. The van der Waals surface area contributed by atoms with Gasteiger partial charge in [-0.2, -0.15) is 0 Å². The normalized spacial score (nSPS) is 11.9. The molecule has 0 aliphatic carbocycles. The van der Waals surface area contributed by atoms with Gasteiger partial charge in [-0.25, -0.2) is 26.3 Å². The van der Waals surface area contributed by atoms with Gasteiger partial charge in [0.2, 0.25) is 20.0 Å². The van der Waals surface area contributed by atoms with Crippen molar-refractivity contribution in [2.45, 2.75) is 29.3 Å². The molecule has 2 N–H and O–H groups in total. The van der Waals surface area contributed by atoms with Crippen molar-refractivity contribution in [2.75, 3.05) is 0 Å². The highest BCUT2D eigenvalue weighted by atomic mass is 32.2. The van der Waals surface area contributed by atoms with Gasteiger partial charge in [0.15, 0.2) is 0 Å². The highest BCUT2D eigenvalue weighted by Gasteiger charge is 2.15. The molecule has 2 heterocycles. The Labute approximate surface area is 205 Å². The van der Waals surface area contributed by atoms with E-state index in [0.29, 0.717) is 6.42 Å². The van der Waals surface area contributed by atoms with Crippen molar-refractivity contribution in [3.8, 4) is 0 Å². The molecule has 0 unspecified atom stereocenters. The maximum Gasteiger partial charge on any atom is 0.240 e. The van der Waals surface area contributed by atoms with E-state index in [1.54, 1.807) is 97.6 Å². The highest BCUT2D eigenvalue weighted by molar-refractivity contribution is 7.89. The van der Waals surface area contributed by atoms with Crippen molar-refractivity contribution in [2.24, 2.45) is 0 Å². The van der Waals surface area contributed by atoms with E-state index >= 15 is 0 Å². The Kier molecular flexibility index (Phi) is 7.67. The number of sulfonamides is 2. The van der Waals surface area contributed by atoms with Crippen LogP contribution in [0.15, 0.2) is 107 Å². The summed E-state index contributed by atoms with van der Waals surface area (Å²) < 4.78 is 55.3. The minimum atomic E-state index is -3.65. The van der Waals surface area contributed by atoms with Gasteiger partial charge in [0.05, 0.1) is 9.79 Å². The zero-order valence-corrected chi connectivity index (χ0v) is 20.3. The molecule has 0 aliphatic heterocycles. The monoisotopic (exact) mass is 508 g/mol. The first kappa shape index (κ1) is 24.7. The summed E-state index contributed by atoms with van der Waals surface area (Å²) in [4.78, 5) is 8.30. The second kappa shape index (κ2) is 10.9. The molecule has 4 aromatic rings. The molecule has 0 saturated carbocycles. The van der Waals surface area contributed by atoms with Crippen LogP contribution in [0, 0.1) is 0 Å². The number of aromatic nitrogens is 2. The Balaban J connectivity index is 1.36. The fourth-order valence-electron chi connectivity index (χ4n) is 3.34. The van der Waals surface area contributed by atoms with E-state index < -0.39 is 20.0 Å². The molecule has 180 valence electrons. The van der Waals surface area contributed by atoms with Gasteiger partial charge in [-0.05, 0) is 65.1 Å². The summed E-state index contributed by atoms with van der Waals surface area (Å²) in [5, 5.41) is 0. The van der Waals surface area contributed by atoms with Crippen LogP contribution in [-0.4, -0.2) is 26.8 Å². The molecule has 0 fully saturated rings. The molecule has 10 heteroatoms. The minimum Gasteiger partial charge on any atom is -0.264 e. The van der Waals surface area contributed by atoms with Crippen LogP contribution in [0.5, 0.6) is 0 Å². The largest absolute Gasteiger partial charge is 0.264 e. The first-order valence-electron chi connectivity index (χ1n) is 10.8. The Morgan fingerprint density at radius 2 is 0.943 bits per heavy atom.